The maximum Gasteiger partial charge on any atom is 0.127 e. The van der Waals surface area contributed by atoms with Gasteiger partial charge >= 0.3 is 0 Å². The third-order valence-electron chi connectivity index (χ3n) is 3.63. The summed E-state index contributed by atoms with van der Waals surface area (Å²) in [4.78, 5) is 2.26. The number of likely N-dealkylation sites (N-methyl/N-ethyl adjacent to an activating group) is 1. The van der Waals surface area contributed by atoms with Crippen molar-refractivity contribution in [1.82, 2.24) is 4.90 Å². The average Bonchev–Trinajstić information content (AvgIpc) is 2.90. The van der Waals surface area contributed by atoms with Crippen molar-refractivity contribution in [1.29, 1.82) is 0 Å². The van der Waals surface area contributed by atoms with Gasteiger partial charge in [0.25, 0.3) is 0 Å². The fourth-order valence-electron chi connectivity index (χ4n) is 2.33. The van der Waals surface area contributed by atoms with Crippen molar-refractivity contribution >= 4 is 0 Å². The van der Waals surface area contributed by atoms with E-state index < -0.39 is 0 Å². The fourth-order valence-corrected chi connectivity index (χ4v) is 2.33. The lowest BCUT2D eigenvalue weighted by Gasteiger charge is -2.24. The molecule has 1 aromatic carbocycles. The van der Waals surface area contributed by atoms with Crippen molar-refractivity contribution in [3.63, 3.8) is 0 Å². The van der Waals surface area contributed by atoms with Crippen LogP contribution in [-0.4, -0.2) is 37.7 Å². The van der Waals surface area contributed by atoms with Gasteiger partial charge in [-0.2, -0.15) is 0 Å². The second-order valence-corrected chi connectivity index (χ2v) is 4.91. The molecule has 100 valence electrons. The van der Waals surface area contributed by atoms with E-state index in [1.807, 2.05) is 6.07 Å². The molecule has 0 amide bonds. The molecule has 1 aliphatic heterocycles. The molecule has 0 aliphatic carbocycles. The summed E-state index contributed by atoms with van der Waals surface area (Å²) in [7, 11) is 2.08. The molecule has 1 saturated heterocycles. The van der Waals surface area contributed by atoms with Gasteiger partial charge in [0.1, 0.15) is 5.82 Å². The van der Waals surface area contributed by atoms with Crippen molar-refractivity contribution in [2.45, 2.75) is 24.9 Å². The van der Waals surface area contributed by atoms with Crippen LogP contribution in [0.25, 0.3) is 0 Å². The molecule has 1 heterocycles. The number of hydrogen-bond donors (Lipinski definition) is 1. The standard InChI is InChI=1S/C14H21FN2O/c1-17(11-7-9-18-10-11)8-6-14(16)12-4-2-3-5-13(12)15/h2-5,11,14H,6-10,16H2,1H3. The van der Waals surface area contributed by atoms with Gasteiger partial charge in [-0.25, -0.2) is 4.39 Å². The highest BCUT2D eigenvalue weighted by molar-refractivity contribution is 5.20. The zero-order chi connectivity index (χ0) is 13.0. The molecule has 4 heteroatoms. The van der Waals surface area contributed by atoms with Gasteiger partial charge in [0, 0.05) is 30.8 Å². The Balaban J connectivity index is 1.84. The van der Waals surface area contributed by atoms with Crippen LogP contribution in [0, 0.1) is 5.82 Å². The second-order valence-electron chi connectivity index (χ2n) is 4.91. The first kappa shape index (κ1) is 13.5. The molecule has 0 spiro atoms. The molecule has 18 heavy (non-hydrogen) atoms. The number of benzene rings is 1. The molecule has 1 fully saturated rings. The molecule has 2 atom stereocenters. The van der Waals surface area contributed by atoms with E-state index in [1.165, 1.54) is 6.07 Å². The molecule has 1 aromatic rings. The monoisotopic (exact) mass is 252 g/mol. The molecule has 0 aromatic heterocycles. The van der Waals surface area contributed by atoms with Gasteiger partial charge in [0.2, 0.25) is 0 Å². The second kappa shape index (κ2) is 6.27. The van der Waals surface area contributed by atoms with E-state index in [9.17, 15) is 4.39 Å². The predicted molar refractivity (Wildman–Crippen MR) is 69.8 cm³/mol. The van der Waals surface area contributed by atoms with Gasteiger partial charge in [0.05, 0.1) is 6.61 Å². The number of halogens is 1. The van der Waals surface area contributed by atoms with Gasteiger partial charge in [-0.05, 0) is 26.0 Å². The van der Waals surface area contributed by atoms with E-state index in [-0.39, 0.29) is 11.9 Å². The summed E-state index contributed by atoms with van der Waals surface area (Å²) in [6, 6.07) is 6.98. The smallest absolute Gasteiger partial charge is 0.127 e. The Labute approximate surface area is 108 Å². The predicted octanol–water partition coefficient (Wildman–Crippen LogP) is 1.94. The topological polar surface area (TPSA) is 38.5 Å². The van der Waals surface area contributed by atoms with Crippen LogP contribution in [0.2, 0.25) is 0 Å². The van der Waals surface area contributed by atoms with Gasteiger partial charge in [-0.3, -0.25) is 0 Å². The van der Waals surface area contributed by atoms with Crippen molar-refractivity contribution in [2.75, 3.05) is 26.8 Å². The van der Waals surface area contributed by atoms with E-state index in [0.717, 1.165) is 32.6 Å². The lowest BCUT2D eigenvalue weighted by molar-refractivity contribution is 0.157. The van der Waals surface area contributed by atoms with Gasteiger partial charge in [-0.15, -0.1) is 0 Å². The molecular formula is C14H21FN2O. The molecule has 0 bridgehead atoms. The van der Waals surface area contributed by atoms with Crippen LogP contribution in [0.1, 0.15) is 24.4 Å². The Morgan fingerprint density at radius 3 is 2.94 bits per heavy atom. The summed E-state index contributed by atoms with van der Waals surface area (Å²) in [6.45, 7) is 2.50. The van der Waals surface area contributed by atoms with E-state index >= 15 is 0 Å². The van der Waals surface area contributed by atoms with Crippen LogP contribution in [0.3, 0.4) is 0 Å². The molecule has 2 rings (SSSR count). The molecule has 2 unspecified atom stereocenters. The van der Waals surface area contributed by atoms with Crippen LogP contribution < -0.4 is 5.73 Å². The van der Waals surface area contributed by atoms with E-state index in [2.05, 4.69) is 11.9 Å². The zero-order valence-electron chi connectivity index (χ0n) is 10.8. The van der Waals surface area contributed by atoms with Crippen molar-refractivity contribution in [3.8, 4) is 0 Å². The summed E-state index contributed by atoms with van der Waals surface area (Å²) < 4.78 is 18.9. The highest BCUT2D eigenvalue weighted by atomic mass is 19.1. The maximum atomic E-state index is 13.6. The quantitative estimate of drug-likeness (QED) is 0.870. The summed E-state index contributed by atoms with van der Waals surface area (Å²) in [5.41, 5.74) is 6.65. The third-order valence-corrected chi connectivity index (χ3v) is 3.63. The minimum Gasteiger partial charge on any atom is -0.380 e. The fraction of sp³-hybridized carbons (Fsp3) is 0.571. The van der Waals surface area contributed by atoms with Crippen LogP contribution in [-0.2, 0) is 4.74 Å². The van der Waals surface area contributed by atoms with Gasteiger partial charge in [0.15, 0.2) is 0 Å². The Bertz CT molecular complexity index is 380. The molecule has 0 radical (unpaired) electrons. The van der Waals surface area contributed by atoms with Crippen molar-refractivity contribution in [3.05, 3.63) is 35.6 Å². The Morgan fingerprint density at radius 1 is 1.50 bits per heavy atom. The molecule has 0 saturated carbocycles. The molecule has 1 aliphatic rings. The Hall–Kier alpha value is -0.970. The number of hydrogen-bond acceptors (Lipinski definition) is 3. The average molecular weight is 252 g/mol. The third kappa shape index (κ3) is 3.28. The lowest BCUT2D eigenvalue weighted by Crippen LogP contribution is -2.34. The van der Waals surface area contributed by atoms with E-state index in [0.29, 0.717) is 11.6 Å². The normalized spacial score (nSPS) is 21.4. The van der Waals surface area contributed by atoms with Crippen LogP contribution >= 0.6 is 0 Å². The van der Waals surface area contributed by atoms with E-state index in [1.54, 1.807) is 12.1 Å². The highest BCUT2D eigenvalue weighted by Crippen LogP contribution is 2.19. The van der Waals surface area contributed by atoms with Crippen molar-refractivity contribution < 1.29 is 9.13 Å². The largest absolute Gasteiger partial charge is 0.380 e. The van der Waals surface area contributed by atoms with E-state index in [4.69, 9.17) is 10.5 Å². The van der Waals surface area contributed by atoms with Gasteiger partial charge in [-0.1, -0.05) is 18.2 Å². The number of nitrogens with zero attached hydrogens (tertiary/aromatic N) is 1. The van der Waals surface area contributed by atoms with Crippen LogP contribution in [0.15, 0.2) is 24.3 Å². The van der Waals surface area contributed by atoms with Gasteiger partial charge < -0.3 is 15.4 Å². The zero-order valence-corrected chi connectivity index (χ0v) is 10.8. The SMILES string of the molecule is CN(CCC(N)c1ccccc1F)C1CCOC1. The van der Waals surface area contributed by atoms with Crippen LogP contribution in [0.5, 0.6) is 0 Å². The Morgan fingerprint density at radius 2 is 2.28 bits per heavy atom. The molecule has 3 nitrogen and oxygen atoms in total. The first-order chi connectivity index (χ1) is 8.68. The minimum atomic E-state index is -0.240. The maximum absolute atomic E-state index is 13.6. The molecular weight excluding hydrogens is 231 g/mol. The van der Waals surface area contributed by atoms with Crippen LogP contribution in [0.4, 0.5) is 4.39 Å². The first-order valence-corrected chi connectivity index (χ1v) is 6.46. The minimum absolute atomic E-state index is 0.211. The molecule has 2 N–H and O–H groups in total. The summed E-state index contributed by atoms with van der Waals surface area (Å²) in [6.07, 6.45) is 1.83. The number of rotatable bonds is 5. The summed E-state index contributed by atoms with van der Waals surface area (Å²) in [5.74, 6) is -0.211. The highest BCUT2D eigenvalue weighted by Gasteiger charge is 2.21. The van der Waals surface area contributed by atoms with Crippen molar-refractivity contribution in [2.24, 2.45) is 5.73 Å². The first-order valence-electron chi connectivity index (χ1n) is 6.46. The Kier molecular flexibility index (Phi) is 4.69. The summed E-state index contributed by atoms with van der Waals surface area (Å²) >= 11 is 0. The summed E-state index contributed by atoms with van der Waals surface area (Å²) in [5, 5.41) is 0. The number of ether oxygens (including phenoxy) is 1. The lowest BCUT2D eigenvalue weighted by atomic mass is 10.0. The number of nitrogens with two attached hydrogens (primary N) is 1.